The standard InChI is InChI=1S/C26H30N2O5/c1-2-17(13-24(30)31)15-27-23(29)14-26(11-12-26)28-25(32)33-16-22-20-9-5-3-7-18(20)19-8-4-6-10-21(19)22/h3-10,17,22H,2,11-16H2,1H3,(H,27,29)(H,28,32)(H,30,31). The highest BCUT2D eigenvalue weighted by Crippen LogP contribution is 2.44. The largest absolute Gasteiger partial charge is 0.481 e. The summed E-state index contributed by atoms with van der Waals surface area (Å²) in [6.07, 6.45) is 1.80. The van der Waals surface area contributed by atoms with E-state index in [1.165, 1.54) is 11.1 Å². The fourth-order valence-corrected chi connectivity index (χ4v) is 4.58. The van der Waals surface area contributed by atoms with E-state index < -0.39 is 17.6 Å². The van der Waals surface area contributed by atoms with Crippen LogP contribution >= 0.6 is 0 Å². The van der Waals surface area contributed by atoms with E-state index in [2.05, 4.69) is 34.9 Å². The maximum Gasteiger partial charge on any atom is 0.407 e. The Morgan fingerprint density at radius 1 is 1.06 bits per heavy atom. The molecule has 2 aromatic rings. The highest BCUT2D eigenvalue weighted by atomic mass is 16.5. The van der Waals surface area contributed by atoms with Crippen LogP contribution in [0.2, 0.25) is 0 Å². The van der Waals surface area contributed by atoms with E-state index in [0.717, 1.165) is 24.0 Å². The third-order valence-electron chi connectivity index (χ3n) is 6.69. The molecule has 1 saturated carbocycles. The number of fused-ring (bicyclic) bond motifs is 3. The van der Waals surface area contributed by atoms with Crippen LogP contribution < -0.4 is 10.6 Å². The molecule has 1 atom stereocenters. The molecule has 0 saturated heterocycles. The molecular weight excluding hydrogens is 420 g/mol. The number of carboxylic acids is 1. The van der Waals surface area contributed by atoms with Crippen molar-refractivity contribution in [1.29, 1.82) is 0 Å². The fourth-order valence-electron chi connectivity index (χ4n) is 4.58. The van der Waals surface area contributed by atoms with Crippen molar-refractivity contribution < 1.29 is 24.2 Å². The molecule has 0 bridgehead atoms. The molecule has 2 aromatic carbocycles. The highest BCUT2D eigenvalue weighted by molar-refractivity contribution is 5.80. The lowest BCUT2D eigenvalue weighted by Gasteiger charge is -2.20. The van der Waals surface area contributed by atoms with Gasteiger partial charge in [0.25, 0.3) is 0 Å². The van der Waals surface area contributed by atoms with Crippen LogP contribution in [0.25, 0.3) is 11.1 Å². The molecule has 3 N–H and O–H groups in total. The third kappa shape index (κ3) is 5.35. The van der Waals surface area contributed by atoms with Crippen molar-refractivity contribution in [3.63, 3.8) is 0 Å². The van der Waals surface area contributed by atoms with Gasteiger partial charge < -0.3 is 20.5 Å². The van der Waals surface area contributed by atoms with E-state index in [1.54, 1.807) is 0 Å². The highest BCUT2D eigenvalue weighted by Gasteiger charge is 2.46. The second-order valence-corrected chi connectivity index (χ2v) is 9.08. The lowest BCUT2D eigenvalue weighted by Crippen LogP contribution is -2.42. The molecule has 0 aliphatic heterocycles. The second-order valence-electron chi connectivity index (χ2n) is 9.08. The Morgan fingerprint density at radius 3 is 2.21 bits per heavy atom. The SMILES string of the molecule is CCC(CNC(=O)CC1(NC(=O)OCC2c3ccccc3-c3ccccc32)CC1)CC(=O)O. The van der Waals surface area contributed by atoms with Crippen LogP contribution in [0.1, 0.15) is 56.1 Å². The zero-order valence-electron chi connectivity index (χ0n) is 18.8. The minimum atomic E-state index is -0.869. The number of benzene rings is 2. The van der Waals surface area contributed by atoms with E-state index in [9.17, 15) is 14.4 Å². The molecule has 0 aromatic heterocycles. The summed E-state index contributed by atoms with van der Waals surface area (Å²) in [5, 5.41) is 14.6. The predicted molar refractivity (Wildman–Crippen MR) is 124 cm³/mol. The van der Waals surface area contributed by atoms with Gasteiger partial charge in [-0.3, -0.25) is 9.59 Å². The van der Waals surface area contributed by atoms with E-state index >= 15 is 0 Å². The first kappa shape index (κ1) is 22.8. The van der Waals surface area contributed by atoms with Gasteiger partial charge in [0.15, 0.2) is 0 Å². The first-order valence-electron chi connectivity index (χ1n) is 11.5. The number of amides is 2. The van der Waals surface area contributed by atoms with Gasteiger partial charge in [-0.15, -0.1) is 0 Å². The summed E-state index contributed by atoms with van der Waals surface area (Å²) < 4.78 is 5.61. The number of aliphatic carboxylic acids is 1. The van der Waals surface area contributed by atoms with E-state index in [-0.39, 0.29) is 37.2 Å². The molecule has 0 spiro atoms. The maximum absolute atomic E-state index is 12.6. The summed E-state index contributed by atoms with van der Waals surface area (Å²) in [5.41, 5.74) is 4.08. The Balaban J connectivity index is 1.29. The van der Waals surface area contributed by atoms with Crippen molar-refractivity contribution in [1.82, 2.24) is 10.6 Å². The summed E-state index contributed by atoms with van der Waals surface area (Å²) in [6.45, 7) is 2.46. The first-order chi connectivity index (χ1) is 15.9. The van der Waals surface area contributed by atoms with Gasteiger partial charge in [0.2, 0.25) is 5.91 Å². The topological polar surface area (TPSA) is 105 Å². The van der Waals surface area contributed by atoms with Crippen molar-refractivity contribution in [3.8, 4) is 11.1 Å². The summed E-state index contributed by atoms with van der Waals surface area (Å²) in [5.74, 6) is -1.17. The van der Waals surface area contributed by atoms with Crippen LogP contribution in [0, 0.1) is 5.92 Å². The average Bonchev–Trinajstić information content (AvgIpc) is 3.47. The van der Waals surface area contributed by atoms with Crippen molar-refractivity contribution in [2.24, 2.45) is 5.92 Å². The van der Waals surface area contributed by atoms with E-state index in [4.69, 9.17) is 9.84 Å². The van der Waals surface area contributed by atoms with Gasteiger partial charge in [-0.05, 0) is 41.0 Å². The van der Waals surface area contributed by atoms with Crippen LogP contribution in [0.4, 0.5) is 4.79 Å². The third-order valence-corrected chi connectivity index (χ3v) is 6.69. The van der Waals surface area contributed by atoms with Gasteiger partial charge in [-0.1, -0.05) is 61.9 Å². The number of ether oxygens (including phenoxy) is 1. The van der Waals surface area contributed by atoms with Gasteiger partial charge in [0.1, 0.15) is 6.61 Å². The molecule has 2 aliphatic rings. The first-order valence-corrected chi connectivity index (χ1v) is 11.5. The van der Waals surface area contributed by atoms with Gasteiger partial charge in [-0.25, -0.2) is 4.79 Å². The summed E-state index contributed by atoms with van der Waals surface area (Å²) in [7, 11) is 0. The van der Waals surface area contributed by atoms with Crippen molar-refractivity contribution in [3.05, 3.63) is 59.7 Å². The number of carbonyl (C=O) groups is 3. The quantitative estimate of drug-likeness (QED) is 0.506. The number of hydrogen-bond donors (Lipinski definition) is 3. The molecule has 1 unspecified atom stereocenters. The Labute approximate surface area is 193 Å². The molecule has 7 nitrogen and oxygen atoms in total. The fraction of sp³-hybridized carbons (Fsp3) is 0.423. The van der Waals surface area contributed by atoms with Crippen molar-refractivity contribution >= 4 is 18.0 Å². The Morgan fingerprint density at radius 2 is 1.67 bits per heavy atom. The van der Waals surface area contributed by atoms with Crippen molar-refractivity contribution in [2.75, 3.05) is 13.2 Å². The number of nitrogens with one attached hydrogen (secondary N) is 2. The van der Waals surface area contributed by atoms with Crippen LogP contribution in [-0.2, 0) is 14.3 Å². The van der Waals surface area contributed by atoms with E-state index in [0.29, 0.717) is 13.0 Å². The van der Waals surface area contributed by atoms with Crippen LogP contribution in [0.3, 0.4) is 0 Å². The van der Waals surface area contributed by atoms with Gasteiger partial charge in [0, 0.05) is 25.3 Å². The zero-order valence-corrected chi connectivity index (χ0v) is 18.8. The predicted octanol–water partition coefficient (Wildman–Crippen LogP) is 4.06. The molecule has 4 rings (SSSR count). The monoisotopic (exact) mass is 450 g/mol. The zero-order chi connectivity index (χ0) is 23.4. The molecule has 0 heterocycles. The number of alkyl carbamates (subject to hydrolysis) is 1. The van der Waals surface area contributed by atoms with Crippen molar-refractivity contribution in [2.45, 2.75) is 50.5 Å². The Bertz CT molecular complexity index is 1000. The summed E-state index contributed by atoms with van der Waals surface area (Å²) >= 11 is 0. The van der Waals surface area contributed by atoms with Gasteiger partial charge in [-0.2, -0.15) is 0 Å². The lowest BCUT2D eigenvalue weighted by molar-refractivity contribution is -0.138. The second kappa shape index (κ2) is 9.65. The molecule has 0 radical (unpaired) electrons. The van der Waals surface area contributed by atoms with Crippen LogP contribution in [-0.4, -0.2) is 41.8 Å². The Kier molecular flexibility index (Phi) is 6.67. The number of hydrogen-bond acceptors (Lipinski definition) is 4. The smallest absolute Gasteiger partial charge is 0.407 e. The molecule has 2 amide bonds. The Hall–Kier alpha value is -3.35. The normalized spacial score (nSPS) is 16.3. The minimum Gasteiger partial charge on any atom is -0.481 e. The number of rotatable bonds is 10. The minimum absolute atomic E-state index is 0.0122. The molecule has 174 valence electrons. The van der Waals surface area contributed by atoms with E-state index in [1.807, 2.05) is 31.2 Å². The molecule has 2 aliphatic carbocycles. The summed E-state index contributed by atoms with van der Waals surface area (Å²) in [6, 6.07) is 16.3. The average molecular weight is 451 g/mol. The molecular formula is C26H30N2O5. The molecule has 33 heavy (non-hydrogen) atoms. The molecule has 7 heteroatoms. The number of carboxylic acid groups (broad SMARTS) is 1. The summed E-state index contributed by atoms with van der Waals surface area (Å²) in [4.78, 5) is 35.8. The van der Waals surface area contributed by atoms with Crippen LogP contribution in [0.15, 0.2) is 48.5 Å². The van der Waals surface area contributed by atoms with Crippen LogP contribution in [0.5, 0.6) is 0 Å². The van der Waals surface area contributed by atoms with Gasteiger partial charge >= 0.3 is 12.1 Å². The van der Waals surface area contributed by atoms with Gasteiger partial charge in [0.05, 0.1) is 5.54 Å². The number of carbonyl (C=O) groups excluding carboxylic acids is 2. The maximum atomic E-state index is 12.6. The molecule has 1 fully saturated rings. The lowest BCUT2D eigenvalue weighted by atomic mass is 9.98.